The van der Waals surface area contributed by atoms with Crippen molar-refractivity contribution in [3.05, 3.63) is 28.7 Å². The average molecular weight is 324 g/mol. The summed E-state index contributed by atoms with van der Waals surface area (Å²) in [6.45, 7) is 0. The molecule has 0 aliphatic carbocycles. The molecule has 0 saturated heterocycles. The number of nitrogens with zero attached hydrogens (tertiary/aromatic N) is 3. The van der Waals surface area contributed by atoms with Gasteiger partial charge in [-0.25, -0.2) is 0 Å². The predicted octanol–water partition coefficient (Wildman–Crippen LogP) is 3.23. The van der Waals surface area contributed by atoms with E-state index in [1.54, 1.807) is 17.4 Å². The van der Waals surface area contributed by atoms with Crippen LogP contribution in [-0.2, 0) is 0 Å². The van der Waals surface area contributed by atoms with Gasteiger partial charge in [0.1, 0.15) is 5.69 Å². The van der Waals surface area contributed by atoms with Gasteiger partial charge in [0.05, 0.1) is 0 Å². The first kappa shape index (κ1) is 13.3. The standard InChI is InChI=1S/C11H8N4O2S3/c1-18-11-14-13-10(20-11)12-9(16)8-4-7(15-17-8)6-2-3-19-5-6/h2-5H,1H3,(H,12,13,16). The molecule has 0 atom stereocenters. The van der Waals surface area contributed by atoms with Crippen molar-refractivity contribution in [1.82, 2.24) is 15.4 Å². The quantitative estimate of drug-likeness (QED) is 0.586. The first-order valence-electron chi connectivity index (χ1n) is 5.44. The number of anilines is 1. The smallest absolute Gasteiger partial charge is 0.296 e. The number of hydrogen-bond donors (Lipinski definition) is 1. The second-order valence-corrected chi connectivity index (χ2v) is 6.43. The lowest BCUT2D eigenvalue weighted by Gasteiger charge is -1.94. The van der Waals surface area contributed by atoms with E-state index in [4.69, 9.17) is 4.52 Å². The van der Waals surface area contributed by atoms with Gasteiger partial charge in [-0.05, 0) is 17.7 Å². The fourth-order valence-electron chi connectivity index (χ4n) is 1.43. The number of amides is 1. The van der Waals surface area contributed by atoms with E-state index in [-0.39, 0.29) is 11.7 Å². The normalized spacial score (nSPS) is 10.7. The minimum Gasteiger partial charge on any atom is -0.350 e. The van der Waals surface area contributed by atoms with Gasteiger partial charge in [-0.3, -0.25) is 10.1 Å². The Bertz CT molecular complexity index is 720. The first-order valence-corrected chi connectivity index (χ1v) is 8.43. The van der Waals surface area contributed by atoms with Crippen molar-refractivity contribution in [3.8, 4) is 11.3 Å². The fraction of sp³-hybridized carbons (Fsp3) is 0.0909. The number of rotatable bonds is 4. The summed E-state index contributed by atoms with van der Waals surface area (Å²) in [4.78, 5) is 12.0. The summed E-state index contributed by atoms with van der Waals surface area (Å²) in [5, 5.41) is 18.6. The SMILES string of the molecule is CSc1nnc(NC(=O)c2cc(-c3ccsc3)no2)s1. The van der Waals surface area contributed by atoms with Gasteiger partial charge in [0, 0.05) is 17.0 Å². The van der Waals surface area contributed by atoms with Crippen LogP contribution in [-0.4, -0.2) is 27.5 Å². The molecule has 3 heterocycles. The van der Waals surface area contributed by atoms with Crippen molar-refractivity contribution in [2.75, 3.05) is 11.6 Å². The third-order valence-electron chi connectivity index (χ3n) is 2.35. The van der Waals surface area contributed by atoms with E-state index in [1.807, 2.05) is 23.1 Å². The predicted molar refractivity (Wildman–Crippen MR) is 79.5 cm³/mol. The van der Waals surface area contributed by atoms with Crippen LogP contribution < -0.4 is 5.32 Å². The molecule has 6 nitrogen and oxygen atoms in total. The van der Waals surface area contributed by atoms with Gasteiger partial charge in [-0.1, -0.05) is 28.3 Å². The molecule has 0 fully saturated rings. The van der Waals surface area contributed by atoms with Crippen LogP contribution in [0.1, 0.15) is 10.6 Å². The van der Waals surface area contributed by atoms with E-state index in [9.17, 15) is 4.79 Å². The minimum atomic E-state index is -0.386. The topological polar surface area (TPSA) is 80.9 Å². The Kier molecular flexibility index (Phi) is 3.81. The summed E-state index contributed by atoms with van der Waals surface area (Å²) in [5.41, 5.74) is 1.57. The first-order chi connectivity index (χ1) is 9.76. The van der Waals surface area contributed by atoms with Crippen molar-refractivity contribution in [3.63, 3.8) is 0 Å². The zero-order valence-corrected chi connectivity index (χ0v) is 12.6. The molecule has 1 amide bonds. The molecule has 0 aliphatic rings. The van der Waals surface area contributed by atoms with E-state index in [0.717, 1.165) is 9.90 Å². The number of hydrogen-bond acceptors (Lipinski definition) is 8. The zero-order valence-electron chi connectivity index (χ0n) is 10.2. The maximum atomic E-state index is 12.0. The minimum absolute atomic E-state index is 0.145. The van der Waals surface area contributed by atoms with E-state index in [1.165, 1.54) is 23.1 Å². The molecule has 3 rings (SSSR count). The average Bonchev–Trinajstić information content (AvgIpc) is 3.19. The third-order valence-corrected chi connectivity index (χ3v) is 4.85. The highest BCUT2D eigenvalue weighted by Gasteiger charge is 2.16. The highest BCUT2D eigenvalue weighted by Crippen LogP contribution is 2.25. The molecular formula is C11H8N4O2S3. The summed E-state index contributed by atoms with van der Waals surface area (Å²) >= 11 is 4.34. The van der Waals surface area contributed by atoms with E-state index < -0.39 is 0 Å². The maximum Gasteiger partial charge on any atom is 0.296 e. The summed E-state index contributed by atoms with van der Waals surface area (Å²) in [6.07, 6.45) is 1.90. The maximum absolute atomic E-state index is 12.0. The second-order valence-electron chi connectivity index (χ2n) is 3.62. The Balaban J connectivity index is 1.74. The molecule has 102 valence electrons. The lowest BCUT2D eigenvalue weighted by atomic mass is 10.2. The molecule has 0 bridgehead atoms. The van der Waals surface area contributed by atoms with Crippen LogP contribution in [0.2, 0.25) is 0 Å². The third kappa shape index (κ3) is 2.74. The van der Waals surface area contributed by atoms with Crippen LogP contribution in [0.5, 0.6) is 0 Å². The molecule has 0 aliphatic heterocycles. The van der Waals surface area contributed by atoms with E-state index in [0.29, 0.717) is 10.8 Å². The van der Waals surface area contributed by atoms with Gasteiger partial charge in [0.25, 0.3) is 5.91 Å². The van der Waals surface area contributed by atoms with Crippen molar-refractivity contribution >= 4 is 45.5 Å². The van der Waals surface area contributed by atoms with Crippen LogP contribution in [0.3, 0.4) is 0 Å². The Morgan fingerprint density at radius 3 is 3.05 bits per heavy atom. The van der Waals surface area contributed by atoms with Gasteiger partial charge in [0.2, 0.25) is 10.9 Å². The zero-order chi connectivity index (χ0) is 13.9. The molecule has 0 unspecified atom stereocenters. The Hall–Kier alpha value is -1.71. The molecule has 1 N–H and O–H groups in total. The Morgan fingerprint density at radius 2 is 2.35 bits per heavy atom. The van der Waals surface area contributed by atoms with Gasteiger partial charge >= 0.3 is 0 Å². The fourth-order valence-corrected chi connectivity index (χ4v) is 3.24. The summed E-state index contributed by atoms with van der Waals surface area (Å²) in [5.74, 6) is -0.241. The van der Waals surface area contributed by atoms with Gasteiger partial charge in [-0.15, -0.1) is 10.2 Å². The monoisotopic (exact) mass is 324 g/mol. The lowest BCUT2D eigenvalue weighted by molar-refractivity contribution is 0.0988. The molecule has 0 aromatic carbocycles. The van der Waals surface area contributed by atoms with Gasteiger partial charge < -0.3 is 4.52 Å². The molecule has 3 aromatic heterocycles. The summed E-state index contributed by atoms with van der Waals surface area (Å²) in [6, 6.07) is 3.52. The van der Waals surface area contributed by atoms with Crippen molar-refractivity contribution < 1.29 is 9.32 Å². The molecular weight excluding hydrogens is 316 g/mol. The van der Waals surface area contributed by atoms with Crippen LogP contribution in [0.15, 0.2) is 31.8 Å². The van der Waals surface area contributed by atoms with Crippen LogP contribution in [0, 0.1) is 0 Å². The molecule has 0 radical (unpaired) electrons. The molecule has 20 heavy (non-hydrogen) atoms. The van der Waals surface area contributed by atoms with Crippen LogP contribution in [0.4, 0.5) is 5.13 Å². The number of carbonyl (C=O) groups excluding carboxylic acids is 1. The number of thiophene rings is 1. The lowest BCUT2D eigenvalue weighted by Crippen LogP contribution is -2.10. The molecule has 9 heteroatoms. The second kappa shape index (κ2) is 5.73. The highest BCUT2D eigenvalue weighted by atomic mass is 32.2. The number of nitrogens with one attached hydrogen (secondary N) is 1. The molecule has 0 spiro atoms. The van der Waals surface area contributed by atoms with Gasteiger partial charge in [0.15, 0.2) is 4.34 Å². The van der Waals surface area contributed by atoms with Crippen molar-refractivity contribution in [2.45, 2.75) is 4.34 Å². The van der Waals surface area contributed by atoms with E-state index in [2.05, 4.69) is 20.7 Å². The molecule has 3 aromatic rings. The van der Waals surface area contributed by atoms with Crippen LogP contribution >= 0.6 is 34.4 Å². The number of thioether (sulfide) groups is 1. The number of carbonyl (C=O) groups is 1. The number of aromatic nitrogens is 3. The highest BCUT2D eigenvalue weighted by molar-refractivity contribution is 8.00. The summed E-state index contributed by atoms with van der Waals surface area (Å²) < 4.78 is 5.84. The van der Waals surface area contributed by atoms with Crippen molar-refractivity contribution in [1.29, 1.82) is 0 Å². The van der Waals surface area contributed by atoms with E-state index >= 15 is 0 Å². The summed E-state index contributed by atoms with van der Waals surface area (Å²) in [7, 11) is 0. The Labute approximate surface area is 126 Å². The van der Waals surface area contributed by atoms with Crippen LogP contribution in [0.25, 0.3) is 11.3 Å². The molecule has 0 saturated carbocycles. The van der Waals surface area contributed by atoms with Gasteiger partial charge in [-0.2, -0.15) is 11.3 Å². The largest absolute Gasteiger partial charge is 0.350 e. The van der Waals surface area contributed by atoms with Crippen molar-refractivity contribution in [2.24, 2.45) is 0 Å². The Morgan fingerprint density at radius 1 is 1.45 bits per heavy atom.